The van der Waals surface area contributed by atoms with Crippen LogP contribution in [0.1, 0.15) is 47.0 Å². The van der Waals surface area contributed by atoms with Gasteiger partial charge in [0.25, 0.3) is 0 Å². The van der Waals surface area contributed by atoms with Gasteiger partial charge in [-0.25, -0.2) is 0 Å². The van der Waals surface area contributed by atoms with Crippen LogP contribution in [0.25, 0.3) is 0 Å². The van der Waals surface area contributed by atoms with E-state index in [2.05, 4.69) is 30.2 Å². The standard InChI is InChI=1S/C18H31BNO2/c1-17(2,21)18(3,4)22-19-16-8-6-14(7-9-16)15-10-12-20(5)13-11-15/h6,8-9,14-15,21H,7,10-13H2,1-5H3. The Morgan fingerprint density at radius 2 is 1.86 bits per heavy atom. The number of aliphatic hydroxyl groups is 1. The van der Waals surface area contributed by atoms with Gasteiger partial charge in [0.1, 0.15) is 0 Å². The van der Waals surface area contributed by atoms with E-state index in [4.69, 9.17) is 4.65 Å². The molecule has 2 aliphatic rings. The molecule has 0 aromatic rings. The lowest BCUT2D eigenvalue weighted by atomic mass is 9.74. The summed E-state index contributed by atoms with van der Waals surface area (Å²) in [5.74, 6) is 1.49. The van der Waals surface area contributed by atoms with Crippen LogP contribution in [0, 0.1) is 11.8 Å². The highest BCUT2D eigenvalue weighted by Crippen LogP contribution is 2.31. The van der Waals surface area contributed by atoms with Crippen LogP contribution in [0.3, 0.4) is 0 Å². The number of hydrogen-bond donors (Lipinski definition) is 1. The highest BCUT2D eigenvalue weighted by molar-refractivity contribution is 6.39. The zero-order chi connectivity index (χ0) is 16.4. The molecule has 0 saturated carbocycles. The van der Waals surface area contributed by atoms with Crippen LogP contribution in [-0.2, 0) is 4.65 Å². The molecule has 0 aromatic heterocycles. The van der Waals surface area contributed by atoms with E-state index in [9.17, 15) is 5.11 Å². The van der Waals surface area contributed by atoms with Crippen molar-refractivity contribution in [3.8, 4) is 0 Å². The summed E-state index contributed by atoms with van der Waals surface area (Å²) >= 11 is 0. The Hall–Kier alpha value is -0.575. The van der Waals surface area contributed by atoms with E-state index in [1.165, 1.54) is 25.9 Å². The van der Waals surface area contributed by atoms with Crippen molar-refractivity contribution in [1.82, 2.24) is 4.90 Å². The summed E-state index contributed by atoms with van der Waals surface area (Å²) in [6, 6.07) is 0. The van der Waals surface area contributed by atoms with Gasteiger partial charge in [0, 0.05) is 0 Å². The van der Waals surface area contributed by atoms with Crippen molar-refractivity contribution in [1.29, 1.82) is 0 Å². The Morgan fingerprint density at radius 1 is 1.23 bits per heavy atom. The molecule has 1 aliphatic heterocycles. The lowest BCUT2D eigenvalue weighted by Gasteiger charge is -2.38. The van der Waals surface area contributed by atoms with Crippen molar-refractivity contribution in [3.63, 3.8) is 0 Å². The summed E-state index contributed by atoms with van der Waals surface area (Å²) in [5.41, 5.74) is -0.368. The maximum Gasteiger partial charge on any atom is 0.330 e. The normalized spacial score (nSPS) is 25.2. The number of allylic oxidation sites excluding steroid dienone is 4. The van der Waals surface area contributed by atoms with Crippen LogP contribution < -0.4 is 0 Å². The van der Waals surface area contributed by atoms with Crippen LogP contribution in [0.2, 0.25) is 0 Å². The Balaban J connectivity index is 1.81. The first-order valence-corrected chi connectivity index (χ1v) is 8.49. The SMILES string of the molecule is CN1CCC(C2C=CC([B]OC(C)(C)C(C)(C)O)=CC2)CC1. The molecule has 1 heterocycles. The van der Waals surface area contributed by atoms with Gasteiger partial charge < -0.3 is 14.7 Å². The molecule has 0 bridgehead atoms. The second-order valence-corrected chi connectivity index (χ2v) is 7.91. The number of nitrogens with zero attached hydrogens (tertiary/aromatic N) is 1. The Labute approximate surface area is 136 Å². The molecule has 3 nitrogen and oxygen atoms in total. The molecule has 1 saturated heterocycles. The van der Waals surface area contributed by atoms with Crippen LogP contribution in [-0.4, -0.2) is 48.8 Å². The van der Waals surface area contributed by atoms with Crippen molar-refractivity contribution >= 4 is 7.48 Å². The van der Waals surface area contributed by atoms with Crippen molar-refractivity contribution in [2.75, 3.05) is 20.1 Å². The summed E-state index contributed by atoms with van der Waals surface area (Å²) in [6.45, 7) is 9.83. The molecule has 1 N–H and O–H groups in total. The molecular weight excluding hydrogens is 273 g/mol. The second-order valence-electron chi connectivity index (χ2n) is 7.91. The molecule has 1 unspecified atom stereocenters. The smallest absolute Gasteiger partial charge is 0.330 e. The lowest BCUT2D eigenvalue weighted by Crippen LogP contribution is -2.48. The van der Waals surface area contributed by atoms with E-state index >= 15 is 0 Å². The molecule has 0 aromatic carbocycles. The number of piperidine rings is 1. The fourth-order valence-electron chi connectivity index (χ4n) is 2.91. The molecule has 1 radical (unpaired) electrons. The first kappa shape index (κ1) is 17.8. The van der Waals surface area contributed by atoms with Gasteiger partial charge in [-0.3, -0.25) is 0 Å². The average molecular weight is 304 g/mol. The van der Waals surface area contributed by atoms with Gasteiger partial charge >= 0.3 is 7.48 Å². The van der Waals surface area contributed by atoms with Crippen molar-refractivity contribution in [2.24, 2.45) is 11.8 Å². The van der Waals surface area contributed by atoms with Crippen LogP contribution in [0.4, 0.5) is 0 Å². The highest BCUT2D eigenvalue weighted by atomic mass is 16.5. The molecule has 123 valence electrons. The van der Waals surface area contributed by atoms with E-state index in [0.717, 1.165) is 17.8 Å². The van der Waals surface area contributed by atoms with Crippen molar-refractivity contribution < 1.29 is 9.76 Å². The molecule has 4 heteroatoms. The van der Waals surface area contributed by atoms with Crippen LogP contribution >= 0.6 is 0 Å². The number of rotatable bonds is 5. The van der Waals surface area contributed by atoms with Gasteiger partial charge in [0.2, 0.25) is 0 Å². The van der Waals surface area contributed by atoms with E-state index in [1.54, 1.807) is 21.3 Å². The number of hydrogen-bond acceptors (Lipinski definition) is 3. The van der Waals surface area contributed by atoms with Crippen LogP contribution in [0.5, 0.6) is 0 Å². The molecule has 1 fully saturated rings. The predicted molar refractivity (Wildman–Crippen MR) is 92.8 cm³/mol. The quantitative estimate of drug-likeness (QED) is 0.793. The molecule has 0 spiro atoms. The Kier molecular flexibility index (Phi) is 5.57. The van der Waals surface area contributed by atoms with Gasteiger partial charge in [-0.15, -0.1) is 0 Å². The molecule has 0 amide bonds. The predicted octanol–water partition coefficient (Wildman–Crippen LogP) is 2.97. The Bertz CT molecular complexity index is 429. The van der Waals surface area contributed by atoms with Gasteiger partial charge in [0.05, 0.1) is 11.2 Å². The maximum atomic E-state index is 10.1. The van der Waals surface area contributed by atoms with E-state index in [0.29, 0.717) is 5.92 Å². The zero-order valence-corrected chi connectivity index (χ0v) is 14.8. The topological polar surface area (TPSA) is 32.7 Å². The molecule has 2 rings (SSSR count). The third kappa shape index (κ3) is 4.47. The minimum atomic E-state index is -0.876. The first-order valence-electron chi connectivity index (χ1n) is 8.49. The van der Waals surface area contributed by atoms with Gasteiger partial charge in [-0.2, -0.15) is 0 Å². The van der Waals surface area contributed by atoms with E-state index in [1.807, 2.05) is 13.8 Å². The summed E-state index contributed by atoms with van der Waals surface area (Å²) in [4.78, 5) is 2.42. The summed E-state index contributed by atoms with van der Waals surface area (Å²) in [7, 11) is 4.00. The lowest BCUT2D eigenvalue weighted by molar-refractivity contribution is -0.0896. The molecule has 1 aliphatic carbocycles. The third-order valence-electron chi connectivity index (χ3n) is 5.49. The Morgan fingerprint density at radius 3 is 2.36 bits per heavy atom. The largest absolute Gasteiger partial charge is 0.427 e. The molecule has 1 atom stereocenters. The monoisotopic (exact) mass is 304 g/mol. The average Bonchev–Trinajstić information content (AvgIpc) is 2.45. The number of likely N-dealkylation sites (tertiary alicyclic amines) is 1. The summed E-state index contributed by atoms with van der Waals surface area (Å²) < 4.78 is 5.83. The molecular formula is C18H31BNO2. The third-order valence-corrected chi connectivity index (χ3v) is 5.49. The summed E-state index contributed by atoms with van der Waals surface area (Å²) in [6.07, 6.45) is 10.5. The highest BCUT2D eigenvalue weighted by Gasteiger charge is 2.36. The van der Waals surface area contributed by atoms with Crippen molar-refractivity contribution in [2.45, 2.75) is 58.2 Å². The fourth-order valence-corrected chi connectivity index (χ4v) is 2.91. The van der Waals surface area contributed by atoms with Crippen LogP contribution in [0.15, 0.2) is 23.7 Å². The van der Waals surface area contributed by atoms with Gasteiger partial charge in [-0.05, 0) is 78.9 Å². The van der Waals surface area contributed by atoms with E-state index in [-0.39, 0.29) is 0 Å². The van der Waals surface area contributed by atoms with Gasteiger partial charge in [-0.1, -0.05) is 23.7 Å². The summed E-state index contributed by atoms with van der Waals surface area (Å²) in [5, 5.41) is 10.1. The maximum absolute atomic E-state index is 10.1. The fraction of sp³-hybridized carbons (Fsp3) is 0.778. The van der Waals surface area contributed by atoms with Crippen molar-refractivity contribution in [3.05, 3.63) is 23.7 Å². The van der Waals surface area contributed by atoms with Gasteiger partial charge in [0.15, 0.2) is 0 Å². The molecule has 22 heavy (non-hydrogen) atoms. The minimum absolute atomic E-state index is 0.605. The minimum Gasteiger partial charge on any atom is -0.427 e. The van der Waals surface area contributed by atoms with E-state index < -0.39 is 11.2 Å². The first-order chi connectivity index (χ1) is 10.2. The zero-order valence-electron chi connectivity index (χ0n) is 14.8. The second kappa shape index (κ2) is 6.90.